The first kappa shape index (κ1) is 38.7. The van der Waals surface area contributed by atoms with E-state index in [0.29, 0.717) is 42.4 Å². The first-order valence-corrected chi connectivity index (χ1v) is 18.6. The first-order chi connectivity index (χ1) is 24.1. The fourth-order valence-corrected chi connectivity index (χ4v) is 6.37. The minimum Gasteiger partial charge on any atom is -0.494 e. The topological polar surface area (TPSA) is 146 Å². The van der Waals surface area contributed by atoms with Crippen LogP contribution < -0.4 is 19.1 Å². The van der Waals surface area contributed by atoms with Gasteiger partial charge in [-0.15, -0.1) is 0 Å². The molecule has 4 rings (SSSR count). The van der Waals surface area contributed by atoms with Crippen LogP contribution in [0.3, 0.4) is 0 Å². The molecule has 1 unspecified atom stereocenters. The summed E-state index contributed by atoms with van der Waals surface area (Å²) in [5.74, 6) is 0.257. The highest BCUT2D eigenvalue weighted by Gasteiger charge is 2.36. The molecule has 0 heterocycles. The molecule has 4 aromatic carbocycles. The lowest BCUT2D eigenvalue weighted by molar-refractivity contribution is -0.157. The van der Waals surface area contributed by atoms with Crippen molar-refractivity contribution in [3.63, 3.8) is 0 Å². The molecule has 0 aromatic heterocycles. The van der Waals surface area contributed by atoms with Gasteiger partial charge in [-0.05, 0) is 99.3 Å². The predicted octanol–water partition coefficient (Wildman–Crippen LogP) is 6.60. The Balaban J connectivity index is 1.36. The monoisotopic (exact) mass is 717 g/mol. The van der Waals surface area contributed by atoms with E-state index in [-0.39, 0.29) is 18.9 Å². The lowest BCUT2D eigenvalue weighted by atomic mass is 10.0. The Hall–Kier alpha value is -5.07. The van der Waals surface area contributed by atoms with E-state index in [1.54, 1.807) is 51.1 Å². The lowest BCUT2D eigenvalue weighted by Crippen LogP contribution is -2.56. The van der Waals surface area contributed by atoms with Gasteiger partial charge < -0.3 is 29.5 Å². The summed E-state index contributed by atoms with van der Waals surface area (Å²) < 4.78 is 38.5. The smallest absolute Gasteiger partial charge is 0.328 e. The second-order valence-corrected chi connectivity index (χ2v) is 15.1. The zero-order valence-corrected chi connectivity index (χ0v) is 30.5. The molecule has 0 saturated carbocycles. The first-order valence-electron chi connectivity index (χ1n) is 16.7. The number of carboxylic acids is 1. The molecule has 3 N–H and O–H groups in total. The highest BCUT2D eigenvalue weighted by atomic mass is 32.2. The van der Waals surface area contributed by atoms with Gasteiger partial charge >= 0.3 is 5.97 Å². The molecule has 0 aliphatic heterocycles. The summed E-state index contributed by atoms with van der Waals surface area (Å²) in [6.45, 7) is 7.90. The number of anilines is 2. The molecule has 0 bridgehead atoms. The van der Waals surface area contributed by atoms with Crippen LogP contribution in [-0.4, -0.2) is 66.5 Å². The van der Waals surface area contributed by atoms with Gasteiger partial charge in [0.15, 0.2) is 6.04 Å². The maximum atomic E-state index is 12.9. The number of hydrogen-bond acceptors (Lipinski definition) is 8. The number of amides is 1. The lowest BCUT2D eigenvalue weighted by Gasteiger charge is -2.39. The van der Waals surface area contributed by atoms with Crippen LogP contribution in [0.2, 0.25) is 0 Å². The van der Waals surface area contributed by atoms with E-state index in [2.05, 4.69) is 21.8 Å². The summed E-state index contributed by atoms with van der Waals surface area (Å²) in [6.07, 6.45) is 1.59. The normalized spacial score (nSPS) is 12.1. The van der Waals surface area contributed by atoms with Crippen molar-refractivity contribution in [1.29, 1.82) is 0 Å². The number of nitrogens with one attached hydrogen (secondary N) is 1. The molecule has 51 heavy (non-hydrogen) atoms. The Morgan fingerprint density at radius 3 is 1.94 bits per heavy atom. The Kier molecular flexibility index (Phi) is 13.1. The van der Waals surface area contributed by atoms with Crippen molar-refractivity contribution in [1.82, 2.24) is 4.90 Å². The van der Waals surface area contributed by atoms with E-state index in [9.17, 15) is 28.2 Å². The molecule has 0 saturated heterocycles. The minimum atomic E-state index is -3.44. The van der Waals surface area contributed by atoms with Gasteiger partial charge in [0.2, 0.25) is 15.9 Å². The molecule has 0 aliphatic rings. The van der Waals surface area contributed by atoms with Crippen molar-refractivity contribution >= 4 is 33.3 Å². The van der Waals surface area contributed by atoms with Crippen LogP contribution in [-0.2, 0) is 32.7 Å². The minimum absolute atomic E-state index is 0.0780. The van der Waals surface area contributed by atoms with E-state index in [1.165, 1.54) is 4.90 Å². The fourth-order valence-electron chi connectivity index (χ4n) is 5.75. The van der Waals surface area contributed by atoms with E-state index in [1.807, 2.05) is 61.5 Å². The van der Waals surface area contributed by atoms with E-state index in [4.69, 9.17) is 9.47 Å². The second-order valence-electron chi connectivity index (χ2n) is 13.3. The Labute approximate surface area is 300 Å². The summed E-state index contributed by atoms with van der Waals surface area (Å²) in [5, 5.41) is 19.0. The highest BCUT2D eigenvalue weighted by Crippen LogP contribution is 2.31. The SMILES string of the molecule is Cc1c(NS(C)(=O)=O)cccc1N(Cc1ccccc1)Cc1ccc(Oc2ccc(OCCCC(=O)N(C(CO)C(=O)O)C(C)(C)C)cc2)cc1. The van der Waals surface area contributed by atoms with Crippen molar-refractivity contribution in [2.75, 3.05) is 29.1 Å². The van der Waals surface area contributed by atoms with Crippen molar-refractivity contribution < 1.29 is 37.7 Å². The van der Waals surface area contributed by atoms with Crippen LogP contribution in [0.25, 0.3) is 0 Å². The van der Waals surface area contributed by atoms with Crippen LogP contribution in [0, 0.1) is 6.92 Å². The van der Waals surface area contributed by atoms with Gasteiger partial charge in [0, 0.05) is 30.7 Å². The van der Waals surface area contributed by atoms with Gasteiger partial charge in [0.05, 0.1) is 25.2 Å². The summed E-state index contributed by atoms with van der Waals surface area (Å²) in [5.41, 5.74) is 3.69. The molecule has 272 valence electrons. The van der Waals surface area contributed by atoms with E-state index >= 15 is 0 Å². The third-order valence-electron chi connectivity index (χ3n) is 8.08. The number of hydrogen-bond donors (Lipinski definition) is 3. The van der Waals surface area contributed by atoms with Gasteiger partial charge in [-0.3, -0.25) is 9.52 Å². The van der Waals surface area contributed by atoms with Crippen LogP contribution in [0.4, 0.5) is 11.4 Å². The Morgan fingerprint density at radius 1 is 0.824 bits per heavy atom. The standard InChI is InChI=1S/C39H47N3O8S/c1-28-34(40-51(5,47)48)13-9-14-35(28)41(25-29-11-7-6-8-12-29)26-30-16-18-32(19-17-30)50-33-22-20-31(21-23-33)49-24-10-15-37(44)42(39(2,3)4)36(27-43)38(45)46/h6-9,11-14,16-23,36,40,43H,10,15,24-27H2,1-5H3,(H,45,46). The summed E-state index contributed by atoms with van der Waals surface area (Å²) in [6, 6.07) is 29.3. The average Bonchev–Trinajstić information content (AvgIpc) is 3.07. The van der Waals surface area contributed by atoms with Crippen molar-refractivity contribution in [3.05, 3.63) is 114 Å². The molecule has 0 aliphatic carbocycles. The molecular formula is C39H47N3O8S. The number of carbonyl (C=O) groups is 2. The summed E-state index contributed by atoms with van der Waals surface area (Å²) >= 11 is 0. The molecule has 1 atom stereocenters. The zero-order valence-electron chi connectivity index (χ0n) is 29.7. The van der Waals surface area contributed by atoms with Gasteiger partial charge in [0.1, 0.15) is 17.2 Å². The van der Waals surface area contributed by atoms with Crippen molar-refractivity contribution in [2.24, 2.45) is 0 Å². The molecule has 4 aromatic rings. The summed E-state index contributed by atoms with van der Waals surface area (Å²) in [7, 11) is -3.44. The highest BCUT2D eigenvalue weighted by molar-refractivity contribution is 7.92. The number of carboxylic acid groups (broad SMARTS) is 1. The van der Waals surface area contributed by atoms with Crippen LogP contribution in [0.1, 0.15) is 50.3 Å². The van der Waals surface area contributed by atoms with Gasteiger partial charge in [-0.1, -0.05) is 48.5 Å². The Morgan fingerprint density at radius 2 is 1.39 bits per heavy atom. The largest absolute Gasteiger partial charge is 0.494 e. The molecular weight excluding hydrogens is 671 g/mol. The number of rotatable bonds is 17. The number of benzene rings is 4. The zero-order chi connectivity index (χ0) is 37.2. The molecule has 0 fully saturated rings. The van der Waals surface area contributed by atoms with Crippen LogP contribution in [0.15, 0.2) is 97.1 Å². The quantitative estimate of drug-likeness (QED) is 0.103. The van der Waals surface area contributed by atoms with Crippen molar-refractivity contribution in [2.45, 2.75) is 65.2 Å². The third-order valence-corrected chi connectivity index (χ3v) is 8.67. The van der Waals surface area contributed by atoms with Gasteiger partial charge in [0.25, 0.3) is 0 Å². The molecule has 1 amide bonds. The number of nitrogens with zero attached hydrogens (tertiary/aromatic N) is 2. The predicted molar refractivity (Wildman–Crippen MR) is 199 cm³/mol. The number of aliphatic hydroxyl groups excluding tert-OH is 1. The van der Waals surface area contributed by atoms with E-state index < -0.39 is 34.2 Å². The Bertz CT molecular complexity index is 1860. The molecule has 0 radical (unpaired) electrons. The second kappa shape index (κ2) is 17.2. The van der Waals surface area contributed by atoms with Gasteiger partial charge in [-0.25, -0.2) is 13.2 Å². The average molecular weight is 718 g/mol. The molecule has 11 nitrogen and oxygen atoms in total. The van der Waals surface area contributed by atoms with Crippen LogP contribution in [0.5, 0.6) is 17.2 Å². The maximum absolute atomic E-state index is 12.9. The maximum Gasteiger partial charge on any atom is 0.328 e. The number of aliphatic hydroxyl groups is 1. The molecule has 0 spiro atoms. The fraction of sp³-hybridized carbons (Fsp3) is 0.333. The number of carbonyl (C=O) groups excluding carboxylic acids is 1. The number of sulfonamides is 1. The summed E-state index contributed by atoms with van der Waals surface area (Å²) in [4.78, 5) is 27.9. The molecule has 12 heteroatoms. The van der Waals surface area contributed by atoms with Gasteiger partial charge in [-0.2, -0.15) is 0 Å². The number of ether oxygens (including phenoxy) is 2. The van der Waals surface area contributed by atoms with Crippen LogP contribution >= 0.6 is 0 Å². The van der Waals surface area contributed by atoms with E-state index in [0.717, 1.165) is 28.6 Å². The third kappa shape index (κ3) is 11.5. The number of aliphatic carboxylic acids is 1. The van der Waals surface area contributed by atoms with Crippen molar-refractivity contribution in [3.8, 4) is 17.2 Å².